The van der Waals surface area contributed by atoms with E-state index in [-0.39, 0.29) is 12.3 Å². The SMILES string of the molecule is O=C(O)C1Cc2ccccc2N1C(=O)CCc1ccco1. The van der Waals surface area contributed by atoms with Gasteiger partial charge in [-0.05, 0) is 23.8 Å². The Morgan fingerprint density at radius 3 is 2.76 bits per heavy atom. The summed E-state index contributed by atoms with van der Waals surface area (Å²) >= 11 is 0. The summed E-state index contributed by atoms with van der Waals surface area (Å²) in [6.07, 6.45) is 2.62. The maximum Gasteiger partial charge on any atom is 0.327 e. The molecule has 0 spiro atoms. The lowest BCUT2D eigenvalue weighted by Gasteiger charge is -2.22. The van der Waals surface area contributed by atoms with Gasteiger partial charge in [0.2, 0.25) is 5.91 Å². The van der Waals surface area contributed by atoms with E-state index in [4.69, 9.17) is 4.42 Å². The molecule has 1 aromatic heterocycles. The zero-order valence-corrected chi connectivity index (χ0v) is 11.4. The lowest BCUT2D eigenvalue weighted by Crippen LogP contribution is -2.42. The molecular weight excluding hydrogens is 270 g/mol. The highest BCUT2D eigenvalue weighted by Gasteiger charge is 2.37. The van der Waals surface area contributed by atoms with Crippen molar-refractivity contribution in [2.45, 2.75) is 25.3 Å². The Labute approximate surface area is 121 Å². The predicted octanol–water partition coefficient (Wildman–Crippen LogP) is 2.25. The number of aliphatic carboxylic acids is 1. The van der Waals surface area contributed by atoms with Crippen LogP contribution in [-0.4, -0.2) is 23.0 Å². The molecule has 5 heteroatoms. The summed E-state index contributed by atoms with van der Waals surface area (Å²) in [5.74, 6) is -0.441. The molecule has 0 radical (unpaired) electrons. The number of amides is 1. The van der Waals surface area contributed by atoms with Gasteiger partial charge in [0.25, 0.3) is 0 Å². The third kappa shape index (κ3) is 2.54. The Hall–Kier alpha value is -2.56. The van der Waals surface area contributed by atoms with Crippen LogP contribution < -0.4 is 4.90 Å². The summed E-state index contributed by atoms with van der Waals surface area (Å²) in [5, 5.41) is 9.34. The number of carbonyl (C=O) groups is 2. The molecule has 0 aliphatic carbocycles. The summed E-state index contributed by atoms with van der Waals surface area (Å²) in [6.45, 7) is 0. The van der Waals surface area contributed by atoms with Gasteiger partial charge in [0, 0.05) is 24.9 Å². The second kappa shape index (κ2) is 5.44. The lowest BCUT2D eigenvalue weighted by molar-refractivity contribution is -0.139. The number of aryl methyl sites for hydroxylation is 1. The Bertz CT molecular complexity index is 663. The number of benzene rings is 1. The first kappa shape index (κ1) is 13.4. The maximum absolute atomic E-state index is 12.4. The fraction of sp³-hybridized carbons (Fsp3) is 0.250. The van der Waals surface area contributed by atoms with Crippen molar-refractivity contribution in [3.63, 3.8) is 0 Å². The van der Waals surface area contributed by atoms with Crippen LogP contribution in [0.5, 0.6) is 0 Å². The number of hydrogen-bond donors (Lipinski definition) is 1. The van der Waals surface area contributed by atoms with Gasteiger partial charge in [-0.1, -0.05) is 18.2 Å². The fourth-order valence-corrected chi connectivity index (χ4v) is 2.70. The molecule has 5 nitrogen and oxygen atoms in total. The third-order valence-corrected chi connectivity index (χ3v) is 3.70. The first-order chi connectivity index (χ1) is 10.2. The molecule has 108 valence electrons. The second-order valence-corrected chi connectivity index (χ2v) is 5.03. The van der Waals surface area contributed by atoms with E-state index in [1.807, 2.05) is 18.2 Å². The first-order valence-corrected chi connectivity index (χ1v) is 6.82. The Kier molecular flexibility index (Phi) is 3.48. The van der Waals surface area contributed by atoms with Crippen molar-refractivity contribution in [3.05, 3.63) is 54.0 Å². The largest absolute Gasteiger partial charge is 0.480 e. The normalized spacial score (nSPS) is 16.8. The van der Waals surface area contributed by atoms with Gasteiger partial charge in [0.05, 0.1) is 6.26 Å². The van der Waals surface area contributed by atoms with Crippen LogP contribution in [0.3, 0.4) is 0 Å². The molecule has 1 aliphatic heterocycles. The van der Waals surface area contributed by atoms with E-state index in [9.17, 15) is 14.7 Å². The van der Waals surface area contributed by atoms with Gasteiger partial charge in [-0.2, -0.15) is 0 Å². The first-order valence-electron chi connectivity index (χ1n) is 6.82. The van der Waals surface area contributed by atoms with Gasteiger partial charge in [0.15, 0.2) is 0 Å². The number of furan rings is 1. The fourth-order valence-electron chi connectivity index (χ4n) is 2.70. The van der Waals surface area contributed by atoms with E-state index in [0.717, 1.165) is 11.3 Å². The maximum atomic E-state index is 12.4. The Morgan fingerprint density at radius 1 is 1.24 bits per heavy atom. The highest BCUT2D eigenvalue weighted by molar-refractivity contribution is 6.01. The van der Waals surface area contributed by atoms with Crippen molar-refractivity contribution in [3.8, 4) is 0 Å². The summed E-state index contributed by atoms with van der Waals surface area (Å²) in [5.41, 5.74) is 1.60. The van der Waals surface area contributed by atoms with Gasteiger partial charge < -0.3 is 9.52 Å². The van der Waals surface area contributed by atoms with E-state index in [1.165, 1.54) is 4.90 Å². The number of carbonyl (C=O) groups excluding carboxylic acids is 1. The molecule has 2 heterocycles. The molecule has 2 aromatic rings. The highest BCUT2D eigenvalue weighted by atomic mass is 16.4. The minimum Gasteiger partial charge on any atom is -0.480 e. The zero-order valence-electron chi connectivity index (χ0n) is 11.4. The van der Waals surface area contributed by atoms with Gasteiger partial charge in [0.1, 0.15) is 11.8 Å². The zero-order chi connectivity index (χ0) is 14.8. The van der Waals surface area contributed by atoms with E-state index in [1.54, 1.807) is 24.5 Å². The Balaban J connectivity index is 1.80. The minimum absolute atomic E-state index is 0.191. The molecule has 1 unspecified atom stereocenters. The molecule has 0 saturated heterocycles. The van der Waals surface area contributed by atoms with Gasteiger partial charge in [-0.15, -0.1) is 0 Å². The lowest BCUT2D eigenvalue weighted by atomic mass is 10.1. The molecule has 1 N–H and O–H groups in total. The van der Waals surface area contributed by atoms with E-state index >= 15 is 0 Å². The molecule has 0 saturated carbocycles. The standard InChI is InChI=1S/C16H15NO4/c18-15(8-7-12-5-3-9-21-12)17-13-6-2-1-4-11(13)10-14(17)16(19)20/h1-6,9,14H,7-8,10H2,(H,19,20). The van der Waals surface area contributed by atoms with Crippen LogP contribution in [0.2, 0.25) is 0 Å². The van der Waals surface area contributed by atoms with Crippen LogP contribution in [0.15, 0.2) is 47.1 Å². The van der Waals surface area contributed by atoms with Crippen LogP contribution >= 0.6 is 0 Å². The van der Waals surface area contributed by atoms with Crippen molar-refractivity contribution in [2.75, 3.05) is 4.90 Å². The van der Waals surface area contributed by atoms with Crippen molar-refractivity contribution in [2.24, 2.45) is 0 Å². The van der Waals surface area contributed by atoms with Crippen molar-refractivity contribution < 1.29 is 19.1 Å². The van der Waals surface area contributed by atoms with Gasteiger partial charge in [-0.25, -0.2) is 4.79 Å². The van der Waals surface area contributed by atoms with Crippen LogP contribution in [0.25, 0.3) is 0 Å². The monoisotopic (exact) mass is 285 g/mol. The predicted molar refractivity (Wildman–Crippen MR) is 76.1 cm³/mol. The molecule has 0 fully saturated rings. The van der Waals surface area contributed by atoms with Crippen LogP contribution in [0, 0.1) is 0 Å². The number of fused-ring (bicyclic) bond motifs is 1. The quantitative estimate of drug-likeness (QED) is 0.935. The third-order valence-electron chi connectivity index (χ3n) is 3.70. The van der Waals surface area contributed by atoms with E-state index < -0.39 is 12.0 Å². The average Bonchev–Trinajstić information content (AvgIpc) is 3.11. The molecule has 1 atom stereocenters. The molecule has 1 amide bonds. The molecule has 3 rings (SSSR count). The number of anilines is 1. The van der Waals surface area contributed by atoms with E-state index in [0.29, 0.717) is 18.5 Å². The van der Waals surface area contributed by atoms with Crippen molar-refractivity contribution in [1.29, 1.82) is 0 Å². The van der Waals surface area contributed by atoms with Crippen molar-refractivity contribution >= 4 is 17.6 Å². The van der Waals surface area contributed by atoms with Crippen LogP contribution in [-0.2, 0) is 22.4 Å². The number of hydrogen-bond acceptors (Lipinski definition) is 3. The smallest absolute Gasteiger partial charge is 0.327 e. The summed E-state index contributed by atoms with van der Waals surface area (Å²) in [6, 6.07) is 10.1. The molecular formula is C16H15NO4. The van der Waals surface area contributed by atoms with Crippen LogP contribution in [0.1, 0.15) is 17.7 Å². The summed E-state index contributed by atoms with van der Waals surface area (Å²) in [7, 11) is 0. The number of carboxylic acid groups (broad SMARTS) is 1. The summed E-state index contributed by atoms with van der Waals surface area (Å²) in [4.78, 5) is 25.2. The molecule has 1 aromatic carbocycles. The number of para-hydroxylation sites is 1. The van der Waals surface area contributed by atoms with Gasteiger partial charge >= 0.3 is 5.97 Å². The summed E-state index contributed by atoms with van der Waals surface area (Å²) < 4.78 is 5.20. The number of nitrogens with zero attached hydrogens (tertiary/aromatic N) is 1. The van der Waals surface area contributed by atoms with Crippen molar-refractivity contribution in [1.82, 2.24) is 0 Å². The number of carboxylic acids is 1. The second-order valence-electron chi connectivity index (χ2n) is 5.03. The van der Waals surface area contributed by atoms with E-state index in [2.05, 4.69) is 0 Å². The highest BCUT2D eigenvalue weighted by Crippen LogP contribution is 2.32. The average molecular weight is 285 g/mol. The van der Waals surface area contributed by atoms with Crippen LogP contribution in [0.4, 0.5) is 5.69 Å². The minimum atomic E-state index is -0.974. The molecule has 1 aliphatic rings. The molecule has 0 bridgehead atoms. The van der Waals surface area contributed by atoms with Gasteiger partial charge in [-0.3, -0.25) is 9.69 Å². The Morgan fingerprint density at radius 2 is 2.05 bits per heavy atom. The number of rotatable bonds is 4. The topological polar surface area (TPSA) is 70.8 Å². The molecule has 21 heavy (non-hydrogen) atoms.